The number of ether oxygens (including phenoxy) is 1. The third kappa shape index (κ3) is 3.56. The van der Waals surface area contributed by atoms with E-state index in [4.69, 9.17) is 4.74 Å². The average Bonchev–Trinajstić information content (AvgIpc) is 3.18. The Morgan fingerprint density at radius 3 is 1.41 bits per heavy atom. The van der Waals surface area contributed by atoms with Gasteiger partial charge < -0.3 is 9.30 Å². The lowest BCUT2D eigenvalue weighted by Crippen LogP contribution is -2.33. The van der Waals surface area contributed by atoms with Gasteiger partial charge in [-0.1, -0.05) is 103 Å². The summed E-state index contributed by atoms with van der Waals surface area (Å²) in [7, 11) is -2.36. The van der Waals surface area contributed by atoms with E-state index < -0.39 is 12.7 Å². The minimum Gasteiger partial charge on any atom is -0.353 e. The van der Waals surface area contributed by atoms with Gasteiger partial charge in [0.2, 0.25) is 0 Å². The second kappa shape index (κ2) is 7.68. The van der Waals surface area contributed by atoms with Gasteiger partial charge in [-0.2, -0.15) is 0 Å². The van der Waals surface area contributed by atoms with E-state index in [2.05, 4.69) is 36.4 Å². The Labute approximate surface area is 160 Å². The Hall–Kier alpha value is -2.41. The molecule has 2 nitrogen and oxygen atoms in total. The monoisotopic (exact) mass is 374 g/mol. The summed E-state index contributed by atoms with van der Waals surface area (Å²) in [5, 5.41) is 0. The van der Waals surface area contributed by atoms with Gasteiger partial charge in [0.05, 0.1) is 0 Å². The molecule has 27 heavy (non-hydrogen) atoms. The molecule has 136 valence electrons. The quantitative estimate of drug-likeness (QED) is 0.306. The van der Waals surface area contributed by atoms with Crippen LogP contribution in [0, 0.1) is 0 Å². The maximum Gasteiger partial charge on any atom is 0.144 e. The molecule has 0 aromatic heterocycles. The van der Waals surface area contributed by atoms with E-state index >= 15 is 0 Å². The maximum atomic E-state index is 13.2. The number of rotatable bonds is 6. The molecule has 0 saturated carbocycles. The molecular weight excluding hydrogens is 351 g/mol. The molecule has 0 radical (unpaired) electrons. The van der Waals surface area contributed by atoms with Gasteiger partial charge in [-0.3, -0.25) is 0 Å². The molecule has 1 aliphatic heterocycles. The first-order chi connectivity index (χ1) is 13.2. The van der Waals surface area contributed by atoms with Gasteiger partial charge in [0, 0.05) is 12.3 Å². The lowest BCUT2D eigenvalue weighted by Gasteiger charge is -2.36. The van der Waals surface area contributed by atoms with Crippen LogP contribution in [-0.2, 0) is 14.9 Å². The van der Waals surface area contributed by atoms with Crippen molar-refractivity contribution in [3.05, 3.63) is 120 Å². The van der Waals surface area contributed by atoms with Gasteiger partial charge in [-0.15, -0.1) is 0 Å². The van der Waals surface area contributed by atoms with Crippen LogP contribution in [0.25, 0.3) is 0 Å². The van der Waals surface area contributed by atoms with Crippen LogP contribution in [0.5, 0.6) is 0 Å². The minimum atomic E-state index is -2.36. The topological polar surface area (TPSA) is 26.3 Å². The molecule has 3 aromatic carbocycles. The summed E-state index contributed by atoms with van der Waals surface area (Å²) in [5.74, 6) is 0. The smallest absolute Gasteiger partial charge is 0.144 e. The standard InChI is InChI=1S/C24H23O2P/c25-27(18-10-11-19-27)20-26-24(21-12-4-1-5-13-21,22-14-6-2-7-15-22)23-16-8-3-9-17-23/h1-17H,18-20H2. The predicted molar refractivity (Wildman–Crippen MR) is 112 cm³/mol. The zero-order valence-electron chi connectivity index (χ0n) is 15.2. The fourth-order valence-corrected chi connectivity index (χ4v) is 5.55. The van der Waals surface area contributed by atoms with Crippen LogP contribution in [0.1, 0.15) is 16.7 Å². The number of allylic oxidation sites excluding steroid dienone is 2. The Kier molecular flexibility index (Phi) is 5.11. The third-order valence-corrected chi connectivity index (χ3v) is 7.45. The van der Waals surface area contributed by atoms with E-state index in [-0.39, 0.29) is 6.35 Å². The van der Waals surface area contributed by atoms with E-state index in [1.165, 1.54) is 0 Å². The van der Waals surface area contributed by atoms with Crippen molar-refractivity contribution in [1.29, 1.82) is 0 Å². The molecule has 0 aliphatic carbocycles. The van der Waals surface area contributed by atoms with Gasteiger partial charge in [0.25, 0.3) is 0 Å². The zero-order chi connectivity index (χ0) is 18.6. The minimum absolute atomic E-state index is 0.263. The highest BCUT2D eigenvalue weighted by Gasteiger charge is 2.39. The highest BCUT2D eigenvalue weighted by Crippen LogP contribution is 2.52. The summed E-state index contributed by atoms with van der Waals surface area (Å²) in [5.41, 5.74) is 2.34. The molecule has 3 heteroatoms. The van der Waals surface area contributed by atoms with Crippen LogP contribution in [0.2, 0.25) is 0 Å². The first-order valence-corrected chi connectivity index (χ1v) is 11.5. The van der Waals surface area contributed by atoms with Crippen LogP contribution in [0.3, 0.4) is 0 Å². The highest BCUT2D eigenvalue weighted by molar-refractivity contribution is 7.64. The third-order valence-electron chi connectivity index (χ3n) is 5.10. The molecule has 0 atom stereocenters. The SMILES string of the molecule is O=P1(COC(c2ccccc2)(c2ccccc2)c2ccccc2)CC=CC1. The molecule has 3 aromatic rings. The maximum absolute atomic E-state index is 13.2. The molecule has 0 fully saturated rings. The van der Waals surface area contributed by atoms with Crippen molar-refractivity contribution in [3.63, 3.8) is 0 Å². The van der Waals surface area contributed by atoms with Crippen LogP contribution in [0.4, 0.5) is 0 Å². The summed E-state index contributed by atoms with van der Waals surface area (Å²) in [6.07, 6.45) is 5.54. The molecule has 4 rings (SSSR count). The van der Waals surface area contributed by atoms with E-state index in [1.54, 1.807) is 0 Å². The summed E-state index contributed by atoms with van der Waals surface area (Å²) in [6, 6.07) is 30.7. The molecule has 0 bridgehead atoms. The Balaban J connectivity index is 1.88. The number of benzene rings is 3. The first kappa shape index (κ1) is 18.0. The predicted octanol–water partition coefficient (Wildman–Crippen LogP) is 5.89. The summed E-state index contributed by atoms with van der Waals surface area (Å²) in [6.45, 7) is 0. The molecule has 0 amide bonds. The molecule has 1 aliphatic rings. The van der Waals surface area contributed by atoms with E-state index in [0.29, 0.717) is 12.3 Å². The van der Waals surface area contributed by atoms with Crippen molar-refractivity contribution in [2.24, 2.45) is 0 Å². The molecule has 1 heterocycles. The largest absolute Gasteiger partial charge is 0.353 e. The average molecular weight is 374 g/mol. The van der Waals surface area contributed by atoms with Crippen molar-refractivity contribution >= 4 is 7.14 Å². The van der Waals surface area contributed by atoms with Crippen molar-refractivity contribution in [2.75, 3.05) is 18.7 Å². The van der Waals surface area contributed by atoms with Crippen molar-refractivity contribution in [3.8, 4) is 0 Å². The first-order valence-electron chi connectivity index (χ1n) is 9.26. The van der Waals surface area contributed by atoms with Crippen LogP contribution >= 0.6 is 7.14 Å². The lowest BCUT2D eigenvalue weighted by atomic mass is 9.80. The highest BCUT2D eigenvalue weighted by atomic mass is 31.2. The second-order valence-electron chi connectivity index (χ2n) is 6.95. The van der Waals surface area contributed by atoms with Crippen LogP contribution in [-0.4, -0.2) is 18.7 Å². The van der Waals surface area contributed by atoms with E-state index in [0.717, 1.165) is 16.7 Å². The summed E-state index contributed by atoms with van der Waals surface area (Å²) < 4.78 is 19.8. The molecule has 0 unspecified atom stereocenters. The summed E-state index contributed by atoms with van der Waals surface area (Å²) >= 11 is 0. The number of hydrogen-bond acceptors (Lipinski definition) is 2. The van der Waals surface area contributed by atoms with Crippen molar-refractivity contribution in [1.82, 2.24) is 0 Å². The number of hydrogen-bond donors (Lipinski definition) is 0. The lowest BCUT2D eigenvalue weighted by molar-refractivity contribution is 0.0425. The second-order valence-corrected chi connectivity index (χ2v) is 10.1. The van der Waals surface area contributed by atoms with Crippen LogP contribution in [0.15, 0.2) is 103 Å². The molecular formula is C24H23O2P. The summed E-state index contributed by atoms with van der Waals surface area (Å²) in [4.78, 5) is 0. The Morgan fingerprint density at radius 2 is 1.04 bits per heavy atom. The normalized spacial score (nSPS) is 15.7. The van der Waals surface area contributed by atoms with Crippen molar-refractivity contribution < 1.29 is 9.30 Å². The fourth-order valence-electron chi connectivity index (χ4n) is 3.70. The van der Waals surface area contributed by atoms with Crippen molar-refractivity contribution in [2.45, 2.75) is 5.60 Å². The molecule has 0 N–H and O–H groups in total. The molecule has 0 saturated heterocycles. The van der Waals surface area contributed by atoms with Gasteiger partial charge in [-0.25, -0.2) is 0 Å². The van der Waals surface area contributed by atoms with Gasteiger partial charge in [0.1, 0.15) is 19.1 Å². The molecule has 0 spiro atoms. The van der Waals surface area contributed by atoms with Crippen LogP contribution < -0.4 is 0 Å². The van der Waals surface area contributed by atoms with Gasteiger partial charge in [0.15, 0.2) is 0 Å². The van der Waals surface area contributed by atoms with Gasteiger partial charge >= 0.3 is 0 Å². The fraction of sp³-hybridized carbons (Fsp3) is 0.167. The Bertz CT molecular complexity index is 841. The van der Waals surface area contributed by atoms with E-state index in [1.807, 2.05) is 66.7 Å². The van der Waals surface area contributed by atoms with Gasteiger partial charge in [-0.05, 0) is 16.7 Å². The van der Waals surface area contributed by atoms with E-state index in [9.17, 15) is 4.57 Å². The zero-order valence-corrected chi connectivity index (χ0v) is 16.1. The Morgan fingerprint density at radius 1 is 0.667 bits per heavy atom.